The Morgan fingerprint density at radius 2 is 2.11 bits per heavy atom. The second kappa shape index (κ2) is 5.59. The van der Waals surface area contributed by atoms with E-state index >= 15 is 0 Å². The minimum absolute atomic E-state index is 0.0692. The third-order valence-corrected chi connectivity index (χ3v) is 3.27. The quantitative estimate of drug-likeness (QED) is 0.911. The van der Waals surface area contributed by atoms with Crippen LogP contribution in [0.2, 0.25) is 10.0 Å². The zero-order valence-electron chi connectivity index (χ0n) is 10.4. The summed E-state index contributed by atoms with van der Waals surface area (Å²) in [7, 11) is 0. The number of benzene rings is 1. The fourth-order valence-electron chi connectivity index (χ4n) is 1.41. The molecule has 2 N–H and O–H groups in total. The molecule has 100 valence electrons. The van der Waals surface area contributed by atoms with E-state index in [0.717, 1.165) is 0 Å². The average Bonchev–Trinajstić information content (AvgIpc) is 2.84. The van der Waals surface area contributed by atoms with Gasteiger partial charge in [-0.15, -0.1) is 5.10 Å². The zero-order chi connectivity index (χ0) is 14.0. The highest BCUT2D eigenvalue weighted by molar-refractivity contribution is 6.44. The van der Waals surface area contributed by atoms with Crippen molar-refractivity contribution in [3.05, 3.63) is 39.9 Å². The van der Waals surface area contributed by atoms with Crippen LogP contribution in [0.25, 0.3) is 0 Å². The maximum atomic E-state index is 12.0. The van der Waals surface area contributed by atoms with Crippen molar-refractivity contribution >= 4 is 34.8 Å². The van der Waals surface area contributed by atoms with Gasteiger partial charge in [-0.2, -0.15) is 0 Å². The van der Waals surface area contributed by atoms with Crippen molar-refractivity contribution in [3.8, 4) is 0 Å². The number of anilines is 1. The molecule has 0 atom stereocenters. The second-order valence-corrected chi connectivity index (χ2v) is 5.04. The van der Waals surface area contributed by atoms with Crippen molar-refractivity contribution in [1.29, 1.82) is 0 Å². The lowest BCUT2D eigenvalue weighted by Gasteiger charge is -2.05. The number of aromatic nitrogens is 3. The molecule has 0 aliphatic heterocycles. The first-order valence-corrected chi connectivity index (χ1v) is 6.42. The fraction of sp³-hybridized carbons (Fsp3) is 0.250. The Bertz CT molecular complexity index is 610. The van der Waals surface area contributed by atoms with Gasteiger partial charge in [0.2, 0.25) is 5.82 Å². The van der Waals surface area contributed by atoms with Crippen molar-refractivity contribution < 1.29 is 4.79 Å². The van der Waals surface area contributed by atoms with E-state index < -0.39 is 5.91 Å². The van der Waals surface area contributed by atoms with Crippen LogP contribution in [0.3, 0.4) is 0 Å². The van der Waals surface area contributed by atoms with E-state index in [-0.39, 0.29) is 16.8 Å². The highest BCUT2D eigenvalue weighted by Crippen LogP contribution is 2.29. The Morgan fingerprint density at radius 3 is 2.74 bits per heavy atom. The summed E-state index contributed by atoms with van der Waals surface area (Å²) in [5.74, 6) is 0.457. The molecule has 1 aromatic carbocycles. The van der Waals surface area contributed by atoms with Crippen LogP contribution in [0.4, 0.5) is 5.69 Å². The third kappa shape index (κ3) is 3.05. The number of aromatic amines is 1. The van der Waals surface area contributed by atoms with Crippen LogP contribution in [0.15, 0.2) is 18.2 Å². The Morgan fingerprint density at radius 1 is 1.37 bits per heavy atom. The molecular formula is C12H12Cl2N4O. The van der Waals surface area contributed by atoms with Gasteiger partial charge in [-0.05, 0) is 12.1 Å². The molecule has 1 amide bonds. The van der Waals surface area contributed by atoms with Gasteiger partial charge < -0.3 is 5.32 Å². The van der Waals surface area contributed by atoms with Crippen LogP contribution in [0, 0.1) is 0 Å². The summed E-state index contributed by atoms with van der Waals surface area (Å²) in [6.45, 7) is 3.91. The number of H-pyrrole nitrogens is 1. The lowest BCUT2D eigenvalue weighted by atomic mass is 10.2. The molecule has 19 heavy (non-hydrogen) atoms. The summed E-state index contributed by atoms with van der Waals surface area (Å²) in [5.41, 5.74) is 0.426. The summed E-state index contributed by atoms with van der Waals surface area (Å²) in [6, 6.07) is 4.99. The summed E-state index contributed by atoms with van der Waals surface area (Å²) < 4.78 is 0. The fourth-order valence-corrected chi connectivity index (χ4v) is 1.76. The van der Waals surface area contributed by atoms with Gasteiger partial charge in [0.05, 0.1) is 15.7 Å². The van der Waals surface area contributed by atoms with Gasteiger partial charge >= 0.3 is 0 Å². The molecule has 1 heterocycles. The molecule has 0 fully saturated rings. The molecule has 7 heteroatoms. The number of carbonyl (C=O) groups is 1. The van der Waals surface area contributed by atoms with Crippen LogP contribution in [0.1, 0.15) is 36.2 Å². The Kier molecular flexibility index (Phi) is 4.07. The monoisotopic (exact) mass is 298 g/mol. The third-order valence-electron chi connectivity index (χ3n) is 2.45. The smallest absolute Gasteiger partial charge is 0.295 e. The number of nitrogens with zero attached hydrogens (tertiary/aromatic N) is 2. The maximum Gasteiger partial charge on any atom is 0.295 e. The lowest BCUT2D eigenvalue weighted by molar-refractivity contribution is 0.101. The van der Waals surface area contributed by atoms with Gasteiger partial charge in [0, 0.05) is 5.92 Å². The standard InChI is InChI=1S/C12H12Cl2N4O/c1-6(2)10-16-11(18-17-10)12(19)15-8-5-3-4-7(13)9(8)14/h3-6H,1-2H3,(H,15,19)(H,16,17,18). The molecule has 2 rings (SSSR count). The van der Waals surface area contributed by atoms with E-state index in [1.807, 2.05) is 13.8 Å². The Labute approximate surface area is 120 Å². The summed E-state index contributed by atoms with van der Waals surface area (Å²) >= 11 is 11.9. The van der Waals surface area contributed by atoms with Crippen molar-refractivity contribution in [1.82, 2.24) is 15.2 Å². The molecular weight excluding hydrogens is 287 g/mol. The topological polar surface area (TPSA) is 70.7 Å². The molecule has 0 saturated heterocycles. The normalized spacial score (nSPS) is 10.8. The number of amides is 1. The van der Waals surface area contributed by atoms with E-state index in [9.17, 15) is 4.79 Å². The maximum absolute atomic E-state index is 12.0. The van der Waals surface area contributed by atoms with Crippen LogP contribution in [0.5, 0.6) is 0 Å². The summed E-state index contributed by atoms with van der Waals surface area (Å²) in [4.78, 5) is 16.1. The number of hydrogen-bond acceptors (Lipinski definition) is 3. The molecule has 2 aromatic rings. The molecule has 1 aromatic heterocycles. The first kappa shape index (κ1) is 13.8. The predicted octanol–water partition coefficient (Wildman–Crippen LogP) is 3.49. The van der Waals surface area contributed by atoms with Gasteiger partial charge in [-0.25, -0.2) is 4.98 Å². The minimum atomic E-state index is -0.438. The number of rotatable bonds is 3. The molecule has 0 unspecified atom stereocenters. The molecule has 0 aliphatic carbocycles. The van der Waals surface area contributed by atoms with Crippen LogP contribution in [-0.2, 0) is 0 Å². The van der Waals surface area contributed by atoms with E-state index in [1.54, 1.807) is 18.2 Å². The van der Waals surface area contributed by atoms with E-state index in [1.165, 1.54) is 0 Å². The van der Waals surface area contributed by atoms with Crippen LogP contribution < -0.4 is 5.32 Å². The largest absolute Gasteiger partial charge is 0.318 e. The lowest BCUT2D eigenvalue weighted by Crippen LogP contribution is -2.14. The average molecular weight is 299 g/mol. The first-order chi connectivity index (χ1) is 8.99. The van der Waals surface area contributed by atoms with Gasteiger partial charge in [0.25, 0.3) is 5.91 Å². The number of halogens is 2. The van der Waals surface area contributed by atoms with Gasteiger partial charge in [-0.1, -0.05) is 43.1 Å². The van der Waals surface area contributed by atoms with Gasteiger partial charge in [-0.3, -0.25) is 9.89 Å². The summed E-state index contributed by atoms with van der Waals surface area (Å²) in [5, 5.41) is 9.86. The van der Waals surface area contributed by atoms with E-state index in [4.69, 9.17) is 23.2 Å². The molecule has 0 radical (unpaired) electrons. The number of hydrogen-bond donors (Lipinski definition) is 2. The Hall–Kier alpha value is -1.59. The summed E-state index contributed by atoms with van der Waals surface area (Å²) in [6.07, 6.45) is 0. The molecule has 5 nitrogen and oxygen atoms in total. The van der Waals surface area contributed by atoms with Crippen molar-refractivity contribution in [3.63, 3.8) is 0 Å². The minimum Gasteiger partial charge on any atom is -0.318 e. The van der Waals surface area contributed by atoms with E-state index in [2.05, 4.69) is 20.5 Å². The van der Waals surface area contributed by atoms with Crippen molar-refractivity contribution in [2.45, 2.75) is 19.8 Å². The zero-order valence-corrected chi connectivity index (χ0v) is 11.9. The van der Waals surface area contributed by atoms with Crippen LogP contribution in [-0.4, -0.2) is 21.1 Å². The SMILES string of the molecule is CC(C)c1nc(C(=O)Nc2cccc(Cl)c2Cl)n[nH]1. The highest BCUT2D eigenvalue weighted by Gasteiger charge is 2.15. The highest BCUT2D eigenvalue weighted by atomic mass is 35.5. The van der Waals surface area contributed by atoms with Crippen molar-refractivity contribution in [2.24, 2.45) is 0 Å². The second-order valence-electron chi connectivity index (χ2n) is 4.25. The number of nitrogens with one attached hydrogen (secondary N) is 2. The van der Waals surface area contributed by atoms with Gasteiger partial charge in [0.15, 0.2) is 0 Å². The molecule has 0 spiro atoms. The molecule has 0 saturated carbocycles. The van der Waals surface area contributed by atoms with Gasteiger partial charge in [0.1, 0.15) is 5.82 Å². The van der Waals surface area contributed by atoms with Crippen molar-refractivity contribution in [2.75, 3.05) is 5.32 Å². The predicted molar refractivity (Wildman–Crippen MR) is 74.9 cm³/mol. The Balaban J connectivity index is 2.18. The van der Waals surface area contributed by atoms with E-state index in [0.29, 0.717) is 16.5 Å². The van der Waals surface area contributed by atoms with Crippen LogP contribution >= 0.6 is 23.2 Å². The molecule has 0 bridgehead atoms. The number of carbonyl (C=O) groups excluding carboxylic acids is 1. The molecule has 0 aliphatic rings. The first-order valence-electron chi connectivity index (χ1n) is 5.66.